The third-order valence-corrected chi connectivity index (χ3v) is 6.66. The van der Waals surface area contributed by atoms with Crippen LogP contribution in [0.2, 0.25) is 0 Å². The lowest BCUT2D eigenvalue weighted by molar-refractivity contribution is -0.112. The monoisotopic (exact) mass is 418 g/mol. The van der Waals surface area contributed by atoms with E-state index in [4.69, 9.17) is 4.74 Å². The molecule has 152 valence electrons. The Morgan fingerprint density at radius 1 is 1.13 bits per heavy atom. The molecule has 1 aromatic heterocycles. The van der Waals surface area contributed by atoms with Gasteiger partial charge < -0.3 is 15.0 Å². The fourth-order valence-electron chi connectivity index (χ4n) is 3.86. The van der Waals surface area contributed by atoms with Crippen LogP contribution in [0, 0.1) is 22.7 Å². The van der Waals surface area contributed by atoms with Crippen molar-refractivity contribution >= 4 is 34.0 Å². The molecule has 1 aliphatic carbocycles. The molecular weight excluding hydrogens is 396 g/mol. The number of nitrogens with zero attached hydrogens (tertiary/aromatic N) is 3. The molecule has 4 rings (SSSR count). The predicted molar refractivity (Wildman–Crippen MR) is 117 cm³/mol. The van der Waals surface area contributed by atoms with E-state index in [2.05, 4.69) is 16.3 Å². The summed E-state index contributed by atoms with van der Waals surface area (Å²) in [5.74, 6) is -0.482. The van der Waals surface area contributed by atoms with E-state index in [1.54, 1.807) is 6.08 Å². The number of hydrogen-bond acceptors (Lipinski definition) is 6. The lowest BCUT2D eigenvalue weighted by Gasteiger charge is -2.28. The first kappa shape index (κ1) is 20.2. The number of aryl methyl sites for hydroxylation is 1. The summed E-state index contributed by atoms with van der Waals surface area (Å²) >= 11 is 1.46. The van der Waals surface area contributed by atoms with Gasteiger partial charge in [-0.2, -0.15) is 10.5 Å². The average molecular weight is 419 g/mol. The van der Waals surface area contributed by atoms with Crippen LogP contribution in [-0.4, -0.2) is 32.2 Å². The summed E-state index contributed by atoms with van der Waals surface area (Å²) in [6.45, 7) is 3.15. The van der Waals surface area contributed by atoms with E-state index in [0.717, 1.165) is 68.8 Å². The Morgan fingerprint density at radius 2 is 1.87 bits per heavy atom. The number of rotatable bonds is 4. The Balaban J connectivity index is 1.50. The first-order valence-corrected chi connectivity index (χ1v) is 10.9. The second kappa shape index (κ2) is 9.13. The van der Waals surface area contributed by atoms with Crippen LogP contribution in [0.1, 0.15) is 34.4 Å². The number of morpholine rings is 1. The maximum atomic E-state index is 12.7. The smallest absolute Gasteiger partial charge is 0.266 e. The first-order valence-electron chi connectivity index (χ1n) is 10.1. The second-order valence-electron chi connectivity index (χ2n) is 7.34. The number of carbonyl (C=O) groups is 1. The molecule has 1 aromatic carbocycles. The summed E-state index contributed by atoms with van der Waals surface area (Å²) in [4.78, 5) is 16.1. The highest BCUT2D eigenvalue weighted by molar-refractivity contribution is 7.16. The van der Waals surface area contributed by atoms with Crippen molar-refractivity contribution in [1.82, 2.24) is 0 Å². The Labute approximate surface area is 180 Å². The molecule has 0 atom stereocenters. The van der Waals surface area contributed by atoms with Gasteiger partial charge in [0, 0.05) is 23.7 Å². The van der Waals surface area contributed by atoms with Crippen molar-refractivity contribution in [3.8, 4) is 12.1 Å². The van der Waals surface area contributed by atoms with Crippen LogP contribution in [0.4, 0.5) is 10.7 Å². The van der Waals surface area contributed by atoms with Crippen molar-refractivity contribution in [2.24, 2.45) is 0 Å². The number of ether oxygens (including phenoxy) is 1. The predicted octanol–water partition coefficient (Wildman–Crippen LogP) is 3.88. The normalized spacial score (nSPS) is 16.3. The number of nitriles is 2. The third kappa shape index (κ3) is 4.23. The lowest BCUT2D eigenvalue weighted by atomic mass is 9.96. The second-order valence-corrected chi connectivity index (χ2v) is 8.45. The van der Waals surface area contributed by atoms with Crippen molar-refractivity contribution in [2.75, 3.05) is 36.5 Å². The summed E-state index contributed by atoms with van der Waals surface area (Å²) in [6, 6.07) is 12.0. The highest BCUT2D eigenvalue weighted by Gasteiger charge is 2.22. The number of benzene rings is 1. The highest BCUT2D eigenvalue weighted by Crippen LogP contribution is 2.37. The molecule has 0 saturated carbocycles. The van der Waals surface area contributed by atoms with Crippen molar-refractivity contribution in [2.45, 2.75) is 25.7 Å². The van der Waals surface area contributed by atoms with E-state index in [-0.39, 0.29) is 5.57 Å². The number of hydrogen-bond donors (Lipinski definition) is 1. The minimum atomic E-state index is -0.482. The minimum absolute atomic E-state index is 0.0179. The highest BCUT2D eigenvalue weighted by atomic mass is 32.1. The summed E-state index contributed by atoms with van der Waals surface area (Å²) in [5, 5.41) is 22.4. The SMILES string of the molecule is N#C/C(=C\c1ccc(N2CCOCC2)cc1)C(=O)Nc1sc2c(c1C#N)CCCC2. The molecule has 0 radical (unpaired) electrons. The zero-order valence-corrected chi connectivity index (χ0v) is 17.4. The van der Waals surface area contributed by atoms with Crippen molar-refractivity contribution in [3.63, 3.8) is 0 Å². The Morgan fingerprint density at radius 3 is 2.57 bits per heavy atom. The van der Waals surface area contributed by atoms with Gasteiger partial charge in [0.2, 0.25) is 0 Å². The molecule has 0 unspecified atom stereocenters. The molecule has 1 amide bonds. The van der Waals surface area contributed by atoms with E-state index in [0.29, 0.717) is 10.6 Å². The molecule has 1 aliphatic heterocycles. The number of fused-ring (bicyclic) bond motifs is 1. The van der Waals surface area contributed by atoms with E-state index < -0.39 is 5.91 Å². The fourth-order valence-corrected chi connectivity index (χ4v) is 5.10. The Bertz CT molecular complexity index is 1050. The lowest BCUT2D eigenvalue weighted by Crippen LogP contribution is -2.36. The molecule has 0 bridgehead atoms. The number of anilines is 2. The van der Waals surface area contributed by atoms with E-state index >= 15 is 0 Å². The van der Waals surface area contributed by atoms with Gasteiger partial charge in [0.25, 0.3) is 5.91 Å². The quantitative estimate of drug-likeness (QED) is 0.601. The van der Waals surface area contributed by atoms with Crippen LogP contribution < -0.4 is 10.2 Å². The van der Waals surface area contributed by atoms with Gasteiger partial charge in [-0.1, -0.05) is 12.1 Å². The molecule has 7 heteroatoms. The largest absolute Gasteiger partial charge is 0.378 e. The van der Waals surface area contributed by atoms with Crippen LogP contribution in [0.25, 0.3) is 6.08 Å². The molecule has 2 aromatic rings. The van der Waals surface area contributed by atoms with E-state index in [1.165, 1.54) is 16.2 Å². The van der Waals surface area contributed by atoms with Gasteiger partial charge in [-0.05, 0) is 55.0 Å². The van der Waals surface area contributed by atoms with Gasteiger partial charge in [0.05, 0.1) is 18.8 Å². The topological polar surface area (TPSA) is 89.2 Å². The number of thiophene rings is 1. The molecule has 1 saturated heterocycles. The number of amides is 1. The Kier molecular flexibility index (Phi) is 6.13. The third-order valence-electron chi connectivity index (χ3n) is 5.46. The summed E-state index contributed by atoms with van der Waals surface area (Å²) in [7, 11) is 0. The van der Waals surface area contributed by atoms with Gasteiger partial charge >= 0.3 is 0 Å². The van der Waals surface area contributed by atoms with Gasteiger partial charge in [0.15, 0.2) is 0 Å². The van der Waals surface area contributed by atoms with Crippen LogP contribution in [0.15, 0.2) is 29.8 Å². The van der Waals surface area contributed by atoms with Crippen LogP contribution >= 0.6 is 11.3 Å². The summed E-state index contributed by atoms with van der Waals surface area (Å²) < 4.78 is 5.38. The van der Waals surface area contributed by atoms with Crippen molar-refractivity contribution in [3.05, 3.63) is 51.4 Å². The molecule has 2 aliphatic rings. The van der Waals surface area contributed by atoms with Crippen LogP contribution in [-0.2, 0) is 22.4 Å². The zero-order chi connectivity index (χ0) is 20.9. The van der Waals surface area contributed by atoms with Crippen molar-refractivity contribution < 1.29 is 9.53 Å². The molecular formula is C23H22N4O2S. The van der Waals surface area contributed by atoms with Crippen molar-refractivity contribution in [1.29, 1.82) is 10.5 Å². The maximum Gasteiger partial charge on any atom is 0.266 e. The van der Waals surface area contributed by atoms with Gasteiger partial charge in [-0.25, -0.2) is 0 Å². The van der Waals surface area contributed by atoms with Crippen LogP contribution in [0.5, 0.6) is 0 Å². The van der Waals surface area contributed by atoms with Gasteiger partial charge in [0.1, 0.15) is 22.7 Å². The standard InChI is InChI=1S/C23H22N4O2S/c24-14-17(13-16-5-7-18(8-6-16)27-9-11-29-12-10-27)22(28)26-23-20(15-25)19-3-1-2-4-21(19)30-23/h5-8,13H,1-4,9-12H2,(H,26,28)/b17-13+. The maximum absolute atomic E-state index is 12.7. The van der Waals surface area contributed by atoms with Gasteiger partial charge in [-0.3, -0.25) is 4.79 Å². The Hall–Kier alpha value is -3.13. The van der Waals surface area contributed by atoms with E-state index in [9.17, 15) is 15.3 Å². The molecule has 0 spiro atoms. The molecule has 1 N–H and O–H groups in total. The van der Waals surface area contributed by atoms with E-state index in [1.807, 2.05) is 30.3 Å². The zero-order valence-electron chi connectivity index (χ0n) is 16.6. The minimum Gasteiger partial charge on any atom is -0.378 e. The molecule has 30 heavy (non-hydrogen) atoms. The number of carbonyl (C=O) groups excluding carboxylic acids is 1. The molecule has 2 heterocycles. The first-order chi connectivity index (χ1) is 14.7. The number of nitrogens with one attached hydrogen (secondary N) is 1. The summed E-state index contributed by atoms with van der Waals surface area (Å²) in [5.41, 5.74) is 3.51. The fraction of sp³-hybridized carbons (Fsp3) is 0.348. The molecule has 1 fully saturated rings. The molecule has 6 nitrogen and oxygen atoms in total. The average Bonchev–Trinajstić information content (AvgIpc) is 3.15. The summed E-state index contributed by atoms with van der Waals surface area (Å²) in [6.07, 6.45) is 5.57. The van der Waals surface area contributed by atoms with Crippen LogP contribution in [0.3, 0.4) is 0 Å². The van der Waals surface area contributed by atoms with Gasteiger partial charge in [-0.15, -0.1) is 11.3 Å².